The first-order valence-corrected chi connectivity index (χ1v) is 5.79. The quantitative estimate of drug-likeness (QED) is 0.891. The molecule has 1 heterocycles. The van der Waals surface area contributed by atoms with Crippen LogP contribution in [0.15, 0.2) is 49.2 Å². The minimum Gasteiger partial charge on any atom is -0.473 e. The smallest absolute Gasteiger partial charge is 0.250 e. The summed E-state index contributed by atoms with van der Waals surface area (Å²) >= 11 is 0. The van der Waals surface area contributed by atoms with Crippen LogP contribution in [0.2, 0.25) is 0 Å². The van der Waals surface area contributed by atoms with Gasteiger partial charge in [-0.2, -0.15) is 0 Å². The second kappa shape index (κ2) is 5.82. The molecule has 0 fully saturated rings. The molecule has 0 unspecified atom stereocenters. The highest BCUT2D eigenvalue weighted by Gasteiger charge is 2.02. The maximum Gasteiger partial charge on any atom is 0.250 e. The summed E-state index contributed by atoms with van der Waals surface area (Å²) in [6, 6.07) is 11.1. The molecule has 0 atom stereocenters. The zero-order valence-electron chi connectivity index (χ0n) is 10.4. The lowest BCUT2D eigenvalue weighted by Crippen LogP contribution is -2.11. The predicted molar refractivity (Wildman–Crippen MR) is 73.6 cm³/mol. The lowest BCUT2D eigenvalue weighted by atomic mass is 10.1. The zero-order chi connectivity index (χ0) is 13.7. The maximum absolute atomic E-state index is 10.9. The second-order valence-corrected chi connectivity index (χ2v) is 3.98. The van der Waals surface area contributed by atoms with Gasteiger partial charge in [-0.15, -0.1) is 0 Å². The summed E-state index contributed by atoms with van der Waals surface area (Å²) < 4.78 is 5.51. The van der Waals surface area contributed by atoms with E-state index in [0.29, 0.717) is 18.1 Å². The Kier molecular flexibility index (Phi) is 3.93. The average Bonchev–Trinajstić information content (AvgIpc) is 2.46. The van der Waals surface area contributed by atoms with Crippen LogP contribution in [-0.2, 0) is 6.61 Å². The van der Waals surface area contributed by atoms with Crippen molar-refractivity contribution < 1.29 is 9.53 Å². The summed E-state index contributed by atoms with van der Waals surface area (Å²) in [5, 5.41) is 0. The predicted octanol–water partition coefficient (Wildman–Crippen LogP) is 2.40. The average molecular weight is 254 g/mol. The number of nitrogens with zero attached hydrogens (tertiary/aromatic N) is 1. The van der Waals surface area contributed by atoms with Gasteiger partial charge in [0.05, 0.1) is 5.56 Å². The van der Waals surface area contributed by atoms with Crippen molar-refractivity contribution in [3.63, 3.8) is 0 Å². The number of aromatic nitrogens is 1. The first kappa shape index (κ1) is 12.8. The van der Waals surface area contributed by atoms with E-state index in [1.165, 1.54) is 6.20 Å². The number of hydrogen-bond donors (Lipinski definition) is 1. The Labute approximate surface area is 111 Å². The molecule has 1 aromatic heterocycles. The molecule has 2 aromatic rings. The lowest BCUT2D eigenvalue weighted by Gasteiger charge is -2.06. The fourth-order valence-electron chi connectivity index (χ4n) is 1.52. The summed E-state index contributed by atoms with van der Waals surface area (Å²) in [6.07, 6.45) is 3.19. The molecule has 4 nitrogen and oxygen atoms in total. The van der Waals surface area contributed by atoms with Gasteiger partial charge < -0.3 is 10.5 Å². The minimum absolute atomic E-state index is 0.364. The van der Waals surface area contributed by atoms with Crippen molar-refractivity contribution in [2.75, 3.05) is 0 Å². The van der Waals surface area contributed by atoms with Gasteiger partial charge in [0.2, 0.25) is 11.8 Å². The van der Waals surface area contributed by atoms with Crippen molar-refractivity contribution >= 4 is 12.0 Å². The normalized spacial score (nSPS) is 9.89. The number of carbonyl (C=O) groups is 1. The van der Waals surface area contributed by atoms with Gasteiger partial charge in [0.15, 0.2) is 0 Å². The molecule has 96 valence electrons. The van der Waals surface area contributed by atoms with Crippen molar-refractivity contribution in [2.24, 2.45) is 5.73 Å². The zero-order valence-corrected chi connectivity index (χ0v) is 10.4. The summed E-state index contributed by atoms with van der Waals surface area (Å²) in [7, 11) is 0. The highest BCUT2D eigenvalue weighted by Crippen LogP contribution is 2.11. The molecular weight excluding hydrogens is 240 g/mol. The van der Waals surface area contributed by atoms with Crippen LogP contribution in [0.4, 0.5) is 0 Å². The fraction of sp³-hybridized carbons (Fsp3) is 0.0667. The van der Waals surface area contributed by atoms with Gasteiger partial charge >= 0.3 is 0 Å². The number of hydrogen-bond acceptors (Lipinski definition) is 3. The lowest BCUT2D eigenvalue weighted by molar-refractivity contribution is 0.1000. The molecule has 2 rings (SSSR count). The molecule has 0 aliphatic rings. The first-order valence-electron chi connectivity index (χ1n) is 5.79. The number of primary amides is 1. The van der Waals surface area contributed by atoms with E-state index in [0.717, 1.165) is 11.1 Å². The van der Waals surface area contributed by atoms with Crippen LogP contribution >= 0.6 is 0 Å². The Balaban J connectivity index is 1.97. The molecule has 0 aliphatic heterocycles. The van der Waals surface area contributed by atoms with Gasteiger partial charge in [-0.05, 0) is 17.2 Å². The van der Waals surface area contributed by atoms with Crippen LogP contribution in [0.5, 0.6) is 5.88 Å². The van der Waals surface area contributed by atoms with E-state index in [1.54, 1.807) is 18.2 Å². The van der Waals surface area contributed by atoms with Gasteiger partial charge in [0.1, 0.15) is 6.61 Å². The number of rotatable bonds is 5. The molecular formula is C15H14N2O2. The monoisotopic (exact) mass is 254 g/mol. The molecule has 0 bridgehead atoms. The molecule has 0 saturated carbocycles. The molecule has 0 aliphatic carbocycles. The van der Waals surface area contributed by atoms with E-state index in [1.807, 2.05) is 24.3 Å². The van der Waals surface area contributed by atoms with Crippen LogP contribution < -0.4 is 10.5 Å². The van der Waals surface area contributed by atoms with E-state index in [-0.39, 0.29) is 0 Å². The largest absolute Gasteiger partial charge is 0.473 e. The van der Waals surface area contributed by atoms with Crippen LogP contribution in [0, 0.1) is 0 Å². The first-order chi connectivity index (χ1) is 9.19. The van der Waals surface area contributed by atoms with E-state index in [2.05, 4.69) is 11.6 Å². The number of nitrogens with two attached hydrogens (primary N) is 1. The SMILES string of the molecule is C=Cc1ccc(COc2ccc(C(N)=O)cn2)cc1. The third-order valence-corrected chi connectivity index (χ3v) is 2.62. The Morgan fingerprint density at radius 2 is 2.00 bits per heavy atom. The molecule has 19 heavy (non-hydrogen) atoms. The fourth-order valence-corrected chi connectivity index (χ4v) is 1.52. The van der Waals surface area contributed by atoms with Gasteiger partial charge in [-0.3, -0.25) is 4.79 Å². The summed E-state index contributed by atoms with van der Waals surface area (Å²) in [5.74, 6) is -0.0446. The number of pyridine rings is 1. The van der Waals surface area contributed by atoms with Crippen molar-refractivity contribution in [1.29, 1.82) is 0 Å². The molecule has 1 amide bonds. The van der Waals surface area contributed by atoms with Gasteiger partial charge in [0, 0.05) is 12.3 Å². The van der Waals surface area contributed by atoms with Crippen LogP contribution in [0.1, 0.15) is 21.5 Å². The number of amides is 1. The Morgan fingerprint density at radius 1 is 1.26 bits per heavy atom. The Bertz CT molecular complexity index is 574. The minimum atomic E-state index is -0.501. The van der Waals surface area contributed by atoms with Crippen LogP contribution in [0.25, 0.3) is 6.08 Å². The molecule has 0 spiro atoms. The summed E-state index contributed by atoms with van der Waals surface area (Å²) in [4.78, 5) is 14.9. The Hall–Kier alpha value is -2.62. The number of carbonyl (C=O) groups excluding carboxylic acids is 1. The summed E-state index contributed by atoms with van der Waals surface area (Å²) in [6.45, 7) is 4.11. The molecule has 1 aromatic carbocycles. The van der Waals surface area contributed by atoms with E-state index in [9.17, 15) is 4.79 Å². The highest BCUT2D eigenvalue weighted by molar-refractivity contribution is 5.92. The molecule has 4 heteroatoms. The van der Waals surface area contributed by atoms with Crippen LogP contribution in [-0.4, -0.2) is 10.9 Å². The van der Waals surface area contributed by atoms with Gasteiger partial charge in [0.25, 0.3) is 0 Å². The van der Waals surface area contributed by atoms with Crippen molar-refractivity contribution in [3.05, 3.63) is 65.9 Å². The van der Waals surface area contributed by atoms with E-state index >= 15 is 0 Å². The third kappa shape index (κ3) is 3.42. The second-order valence-electron chi connectivity index (χ2n) is 3.98. The van der Waals surface area contributed by atoms with E-state index < -0.39 is 5.91 Å². The van der Waals surface area contributed by atoms with Crippen molar-refractivity contribution in [3.8, 4) is 5.88 Å². The van der Waals surface area contributed by atoms with E-state index in [4.69, 9.17) is 10.5 Å². The summed E-state index contributed by atoms with van der Waals surface area (Å²) in [5.41, 5.74) is 7.59. The molecule has 0 radical (unpaired) electrons. The van der Waals surface area contributed by atoms with Crippen LogP contribution in [0.3, 0.4) is 0 Å². The number of benzene rings is 1. The maximum atomic E-state index is 10.9. The third-order valence-electron chi connectivity index (χ3n) is 2.62. The molecule has 0 saturated heterocycles. The Morgan fingerprint density at radius 3 is 2.53 bits per heavy atom. The van der Waals surface area contributed by atoms with Gasteiger partial charge in [-0.25, -0.2) is 4.98 Å². The van der Waals surface area contributed by atoms with Gasteiger partial charge in [-0.1, -0.05) is 36.9 Å². The van der Waals surface area contributed by atoms with Crippen molar-refractivity contribution in [2.45, 2.75) is 6.61 Å². The molecule has 2 N–H and O–H groups in total. The highest BCUT2D eigenvalue weighted by atomic mass is 16.5. The number of ether oxygens (including phenoxy) is 1. The standard InChI is InChI=1S/C15H14N2O2/c1-2-11-3-5-12(6-4-11)10-19-14-8-7-13(9-17-14)15(16)18/h2-9H,1,10H2,(H2,16,18). The topological polar surface area (TPSA) is 65.2 Å². The van der Waals surface area contributed by atoms with Crippen molar-refractivity contribution in [1.82, 2.24) is 4.98 Å².